The molecule has 1 fully saturated rings. The predicted molar refractivity (Wildman–Crippen MR) is 121 cm³/mol. The van der Waals surface area contributed by atoms with E-state index < -0.39 is 5.97 Å². The summed E-state index contributed by atoms with van der Waals surface area (Å²) in [5, 5.41) is 3.61. The molecule has 0 atom stereocenters. The molecule has 1 amide bonds. The molecule has 0 unspecified atom stereocenters. The highest BCUT2D eigenvalue weighted by Gasteiger charge is 2.23. The van der Waals surface area contributed by atoms with E-state index in [0.717, 1.165) is 34.2 Å². The summed E-state index contributed by atoms with van der Waals surface area (Å²) in [6, 6.07) is 12.0. The fourth-order valence-corrected chi connectivity index (χ4v) is 4.11. The molecule has 1 aliphatic rings. The Balaban J connectivity index is 1.42. The highest BCUT2D eigenvalue weighted by molar-refractivity contribution is 9.10. The molecule has 0 spiro atoms. The molecule has 7 nitrogen and oxygen atoms in total. The number of amides is 1. The molecule has 2 heterocycles. The van der Waals surface area contributed by atoms with Crippen molar-refractivity contribution in [1.82, 2.24) is 9.88 Å². The number of nitrogens with one attached hydrogen (secondary N) is 2. The Hall–Kier alpha value is -2.91. The second kappa shape index (κ2) is 9.07. The molecule has 2 aromatic carbocycles. The van der Waals surface area contributed by atoms with E-state index in [1.807, 2.05) is 18.2 Å². The van der Waals surface area contributed by atoms with E-state index in [9.17, 15) is 14.0 Å². The van der Waals surface area contributed by atoms with Crippen molar-refractivity contribution in [3.05, 3.63) is 58.4 Å². The van der Waals surface area contributed by atoms with E-state index in [0.29, 0.717) is 18.8 Å². The van der Waals surface area contributed by atoms with Crippen molar-refractivity contribution < 1.29 is 18.7 Å². The molecule has 0 bridgehead atoms. The molecule has 31 heavy (non-hydrogen) atoms. The third-order valence-corrected chi connectivity index (χ3v) is 5.84. The number of carbonyl (C=O) groups is 2. The summed E-state index contributed by atoms with van der Waals surface area (Å²) in [5.41, 5.74) is 2.33. The molecule has 162 valence electrons. The van der Waals surface area contributed by atoms with Gasteiger partial charge in [0.1, 0.15) is 11.5 Å². The van der Waals surface area contributed by atoms with Crippen LogP contribution in [0.5, 0.6) is 0 Å². The minimum Gasteiger partial charge on any atom is -0.464 e. The minimum atomic E-state index is -0.546. The summed E-state index contributed by atoms with van der Waals surface area (Å²) in [6.07, 6.45) is 0. The van der Waals surface area contributed by atoms with Crippen molar-refractivity contribution in [3.63, 3.8) is 0 Å². The number of carbonyl (C=O) groups excluding carboxylic acids is 2. The number of piperazine rings is 1. The highest BCUT2D eigenvalue weighted by atomic mass is 79.9. The van der Waals surface area contributed by atoms with Gasteiger partial charge in [0.05, 0.1) is 19.3 Å². The number of esters is 1. The number of H-pyrrole nitrogens is 1. The Morgan fingerprint density at radius 3 is 2.52 bits per heavy atom. The molecule has 4 rings (SSSR count). The van der Waals surface area contributed by atoms with Crippen LogP contribution in [0.25, 0.3) is 10.9 Å². The first-order valence-corrected chi connectivity index (χ1v) is 10.7. The zero-order chi connectivity index (χ0) is 22.0. The third-order valence-electron chi connectivity index (χ3n) is 5.35. The number of rotatable bonds is 5. The lowest BCUT2D eigenvalue weighted by molar-refractivity contribution is -0.117. The number of methoxy groups -OCH3 is 1. The highest BCUT2D eigenvalue weighted by Crippen LogP contribution is 2.31. The second-order valence-corrected chi connectivity index (χ2v) is 8.26. The zero-order valence-electron chi connectivity index (χ0n) is 17.0. The van der Waals surface area contributed by atoms with Crippen molar-refractivity contribution in [2.75, 3.05) is 50.1 Å². The second-order valence-electron chi connectivity index (χ2n) is 7.34. The number of anilines is 2. The van der Waals surface area contributed by atoms with Gasteiger partial charge in [0.2, 0.25) is 5.91 Å². The normalized spacial score (nSPS) is 14.6. The number of aromatic amines is 1. The lowest BCUT2D eigenvalue weighted by atomic mass is 10.2. The molecule has 1 saturated heterocycles. The number of aromatic nitrogens is 1. The average molecular weight is 489 g/mol. The molecule has 1 aromatic heterocycles. The zero-order valence-corrected chi connectivity index (χ0v) is 18.5. The molecule has 9 heteroatoms. The van der Waals surface area contributed by atoms with Crippen LogP contribution in [0.1, 0.15) is 10.5 Å². The van der Waals surface area contributed by atoms with Gasteiger partial charge in [-0.2, -0.15) is 0 Å². The predicted octanol–water partition coefficient (Wildman–Crippen LogP) is 3.62. The fourth-order valence-electron chi connectivity index (χ4n) is 3.75. The smallest absolute Gasteiger partial charge is 0.356 e. The fraction of sp³-hybridized carbons (Fsp3) is 0.273. The van der Waals surface area contributed by atoms with Crippen LogP contribution in [0.3, 0.4) is 0 Å². The van der Waals surface area contributed by atoms with Crippen molar-refractivity contribution >= 4 is 50.1 Å². The van der Waals surface area contributed by atoms with E-state index in [-0.39, 0.29) is 24.0 Å². The first-order valence-electron chi connectivity index (χ1n) is 9.87. The number of fused-ring (bicyclic) bond motifs is 1. The van der Waals surface area contributed by atoms with Crippen LogP contribution >= 0.6 is 15.9 Å². The Morgan fingerprint density at radius 1 is 1.13 bits per heavy atom. The van der Waals surface area contributed by atoms with Gasteiger partial charge in [-0.3, -0.25) is 9.69 Å². The number of halogens is 2. The van der Waals surface area contributed by atoms with Crippen LogP contribution in [-0.2, 0) is 9.53 Å². The summed E-state index contributed by atoms with van der Waals surface area (Å²) >= 11 is 3.43. The SMILES string of the molecule is COC(=O)c1[nH]c2ccc(Br)cc2c1NC(=O)CN1CCN(c2ccc(F)cc2)CC1. The van der Waals surface area contributed by atoms with E-state index in [1.54, 1.807) is 12.1 Å². The van der Waals surface area contributed by atoms with Crippen LogP contribution in [0.15, 0.2) is 46.9 Å². The first-order chi connectivity index (χ1) is 14.9. The Bertz CT molecular complexity index is 1110. The largest absolute Gasteiger partial charge is 0.464 e. The van der Waals surface area contributed by atoms with E-state index in [4.69, 9.17) is 4.74 Å². The van der Waals surface area contributed by atoms with Gasteiger partial charge in [-0.15, -0.1) is 0 Å². The van der Waals surface area contributed by atoms with Crippen molar-refractivity contribution in [3.8, 4) is 0 Å². The average Bonchev–Trinajstić information content (AvgIpc) is 3.11. The van der Waals surface area contributed by atoms with Crippen molar-refractivity contribution in [1.29, 1.82) is 0 Å². The molecule has 1 aliphatic heterocycles. The number of hydrogen-bond donors (Lipinski definition) is 2. The Morgan fingerprint density at radius 2 is 1.84 bits per heavy atom. The van der Waals surface area contributed by atoms with Gasteiger partial charge in [-0.05, 0) is 42.5 Å². The third kappa shape index (κ3) is 4.72. The first kappa shape index (κ1) is 21.3. The van der Waals surface area contributed by atoms with Gasteiger partial charge < -0.3 is 19.9 Å². The van der Waals surface area contributed by atoms with Crippen LogP contribution in [0.2, 0.25) is 0 Å². The van der Waals surface area contributed by atoms with Crippen molar-refractivity contribution in [2.24, 2.45) is 0 Å². The lowest BCUT2D eigenvalue weighted by Gasteiger charge is -2.35. The van der Waals surface area contributed by atoms with E-state index in [2.05, 4.69) is 36.0 Å². The summed E-state index contributed by atoms with van der Waals surface area (Å²) in [5.74, 6) is -1.01. The van der Waals surface area contributed by atoms with Crippen LogP contribution in [0, 0.1) is 5.82 Å². The van der Waals surface area contributed by atoms with Gasteiger partial charge in [0.25, 0.3) is 0 Å². The molecular weight excluding hydrogens is 467 g/mol. The summed E-state index contributed by atoms with van der Waals surface area (Å²) in [4.78, 5) is 32.2. The maximum atomic E-state index is 13.1. The van der Waals surface area contributed by atoms with E-state index >= 15 is 0 Å². The van der Waals surface area contributed by atoms with Gasteiger partial charge in [0, 0.05) is 47.2 Å². The van der Waals surface area contributed by atoms with Crippen LogP contribution in [-0.4, -0.2) is 61.6 Å². The molecule has 2 N–H and O–H groups in total. The number of hydrogen-bond acceptors (Lipinski definition) is 5. The van der Waals surface area contributed by atoms with Gasteiger partial charge in [-0.25, -0.2) is 9.18 Å². The molecule has 0 aliphatic carbocycles. The summed E-state index contributed by atoms with van der Waals surface area (Å²) in [7, 11) is 1.30. The van der Waals surface area contributed by atoms with Crippen LogP contribution < -0.4 is 10.2 Å². The molecule has 3 aromatic rings. The van der Waals surface area contributed by atoms with Gasteiger partial charge in [0.15, 0.2) is 0 Å². The Kier molecular flexibility index (Phi) is 6.24. The summed E-state index contributed by atoms with van der Waals surface area (Å²) < 4.78 is 18.8. The topological polar surface area (TPSA) is 77.7 Å². The number of nitrogens with zero attached hydrogens (tertiary/aromatic N) is 2. The van der Waals surface area contributed by atoms with Gasteiger partial charge >= 0.3 is 5.97 Å². The van der Waals surface area contributed by atoms with Crippen LogP contribution in [0.4, 0.5) is 15.8 Å². The monoisotopic (exact) mass is 488 g/mol. The number of benzene rings is 2. The minimum absolute atomic E-state index is 0.207. The quantitative estimate of drug-likeness (QED) is 0.536. The van der Waals surface area contributed by atoms with E-state index in [1.165, 1.54) is 19.2 Å². The molecule has 0 saturated carbocycles. The maximum absolute atomic E-state index is 13.1. The number of ether oxygens (including phenoxy) is 1. The maximum Gasteiger partial charge on any atom is 0.356 e. The lowest BCUT2D eigenvalue weighted by Crippen LogP contribution is -2.48. The Labute approximate surface area is 187 Å². The van der Waals surface area contributed by atoms with Crippen molar-refractivity contribution in [2.45, 2.75) is 0 Å². The molecular formula is C22H22BrFN4O3. The standard InChI is InChI=1S/C22H22BrFN4O3/c1-31-22(30)21-20(17-12-14(23)2-7-18(17)25-21)26-19(29)13-27-8-10-28(11-9-27)16-5-3-15(24)4-6-16/h2-7,12,25H,8-11,13H2,1H3,(H,26,29). The van der Waals surface area contributed by atoms with Gasteiger partial charge in [-0.1, -0.05) is 15.9 Å². The summed E-state index contributed by atoms with van der Waals surface area (Å²) in [6.45, 7) is 3.10. The molecule has 0 radical (unpaired) electrons.